The average molecular weight is 358 g/mol. The Balaban J connectivity index is 1.59. The lowest BCUT2D eigenvalue weighted by molar-refractivity contribution is -0.119. The molecule has 0 saturated carbocycles. The molecular formula is C19H26N4O3. The van der Waals surface area contributed by atoms with Crippen LogP contribution in [0.25, 0.3) is 0 Å². The third-order valence-corrected chi connectivity index (χ3v) is 5.24. The highest BCUT2D eigenvalue weighted by molar-refractivity contribution is 5.98. The van der Waals surface area contributed by atoms with Crippen molar-refractivity contribution in [1.29, 1.82) is 0 Å². The molecule has 0 atom stereocenters. The molecule has 0 spiro atoms. The van der Waals surface area contributed by atoms with Gasteiger partial charge < -0.3 is 19.6 Å². The van der Waals surface area contributed by atoms with Crippen LogP contribution in [-0.4, -0.2) is 96.7 Å². The van der Waals surface area contributed by atoms with Crippen LogP contribution in [0.15, 0.2) is 24.3 Å². The minimum Gasteiger partial charge on any atom is -0.342 e. The topological polar surface area (TPSA) is 64.2 Å². The summed E-state index contributed by atoms with van der Waals surface area (Å²) in [6.07, 6.45) is 0.822. The maximum absolute atomic E-state index is 12.6. The van der Waals surface area contributed by atoms with E-state index in [-0.39, 0.29) is 11.8 Å². The molecule has 0 aromatic heterocycles. The Kier molecular flexibility index (Phi) is 5.88. The van der Waals surface area contributed by atoms with Gasteiger partial charge in [0.25, 0.3) is 11.8 Å². The summed E-state index contributed by atoms with van der Waals surface area (Å²) in [6, 6.07) is 6.93. The summed E-state index contributed by atoms with van der Waals surface area (Å²) in [5, 5.41) is 0. The number of hydrogen-bond donors (Lipinski definition) is 0. The average Bonchev–Trinajstić information content (AvgIpc) is 2.73. The third-order valence-electron chi connectivity index (χ3n) is 5.24. The second-order valence-corrected chi connectivity index (χ2v) is 6.74. The maximum atomic E-state index is 12.6. The van der Waals surface area contributed by atoms with Gasteiger partial charge in [-0.1, -0.05) is 6.92 Å². The number of amides is 3. The molecule has 2 fully saturated rings. The van der Waals surface area contributed by atoms with Crippen LogP contribution in [0.5, 0.6) is 0 Å². The molecule has 7 nitrogen and oxygen atoms in total. The highest BCUT2D eigenvalue weighted by Crippen LogP contribution is 2.13. The van der Waals surface area contributed by atoms with Gasteiger partial charge in [0.1, 0.15) is 0 Å². The van der Waals surface area contributed by atoms with Gasteiger partial charge in [-0.05, 0) is 30.8 Å². The van der Waals surface area contributed by atoms with Crippen molar-refractivity contribution in [3.63, 3.8) is 0 Å². The number of carbonyl (C=O) groups is 3. The second-order valence-electron chi connectivity index (χ2n) is 6.74. The van der Waals surface area contributed by atoms with Crippen molar-refractivity contribution in [3.05, 3.63) is 35.4 Å². The van der Waals surface area contributed by atoms with Crippen molar-refractivity contribution < 1.29 is 14.4 Å². The SMILES string of the molecule is CCN1CCN(C(=O)c2ccc(C(=O)N3CCN(C=O)CC3)cc2)CC1. The third kappa shape index (κ3) is 4.04. The molecule has 0 N–H and O–H groups in total. The molecule has 2 aliphatic heterocycles. The van der Waals surface area contributed by atoms with Crippen molar-refractivity contribution in [2.45, 2.75) is 6.92 Å². The van der Waals surface area contributed by atoms with Gasteiger partial charge in [-0.3, -0.25) is 14.4 Å². The predicted octanol–water partition coefficient (Wildman–Crippen LogP) is 0.379. The molecule has 0 unspecified atom stereocenters. The summed E-state index contributed by atoms with van der Waals surface area (Å²) >= 11 is 0. The molecule has 0 bridgehead atoms. The van der Waals surface area contributed by atoms with Gasteiger partial charge in [0.05, 0.1) is 0 Å². The van der Waals surface area contributed by atoms with Crippen LogP contribution < -0.4 is 0 Å². The Bertz CT molecular complexity index is 645. The molecule has 3 amide bonds. The number of piperazine rings is 2. The molecule has 2 saturated heterocycles. The van der Waals surface area contributed by atoms with E-state index in [1.165, 1.54) is 0 Å². The zero-order valence-electron chi connectivity index (χ0n) is 15.3. The molecule has 7 heteroatoms. The lowest BCUT2D eigenvalue weighted by atomic mass is 10.1. The monoisotopic (exact) mass is 358 g/mol. The largest absolute Gasteiger partial charge is 0.342 e. The standard InChI is InChI=1S/C19H26N4O3/c1-2-20-7-11-22(12-8-20)18(25)16-3-5-17(6-4-16)19(26)23-13-9-21(15-24)10-14-23/h3-6,15H,2,7-14H2,1H3. The minimum absolute atomic E-state index is 0.0272. The van der Waals surface area contributed by atoms with E-state index in [0.717, 1.165) is 39.1 Å². The summed E-state index contributed by atoms with van der Waals surface area (Å²) in [4.78, 5) is 43.6. The van der Waals surface area contributed by atoms with Gasteiger partial charge in [0.2, 0.25) is 6.41 Å². The van der Waals surface area contributed by atoms with Crippen LogP contribution in [0, 0.1) is 0 Å². The lowest BCUT2D eigenvalue weighted by Gasteiger charge is -2.34. The van der Waals surface area contributed by atoms with E-state index in [0.29, 0.717) is 37.3 Å². The summed E-state index contributed by atoms with van der Waals surface area (Å²) in [5.74, 6) is -0.0227. The Hall–Kier alpha value is -2.41. The van der Waals surface area contributed by atoms with Crippen LogP contribution in [-0.2, 0) is 4.79 Å². The van der Waals surface area contributed by atoms with Crippen LogP contribution >= 0.6 is 0 Å². The highest BCUT2D eigenvalue weighted by atomic mass is 16.2. The van der Waals surface area contributed by atoms with Crippen LogP contribution in [0.1, 0.15) is 27.6 Å². The molecule has 140 valence electrons. The molecule has 1 aromatic rings. The number of benzene rings is 1. The lowest BCUT2D eigenvalue weighted by Crippen LogP contribution is -2.48. The van der Waals surface area contributed by atoms with Crippen LogP contribution in [0.2, 0.25) is 0 Å². The van der Waals surface area contributed by atoms with E-state index in [1.807, 2.05) is 4.90 Å². The molecule has 2 heterocycles. The van der Waals surface area contributed by atoms with Crippen molar-refractivity contribution in [2.75, 3.05) is 58.9 Å². The first-order chi connectivity index (χ1) is 12.6. The van der Waals surface area contributed by atoms with E-state index in [1.54, 1.807) is 34.1 Å². The van der Waals surface area contributed by atoms with Crippen LogP contribution in [0.3, 0.4) is 0 Å². The highest BCUT2D eigenvalue weighted by Gasteiger charge is 2.23. The van der Waals surface area contributed by atoms with Crippen molar-refractivity contribution in [1.82, 2.24) is 19.6 Å². The predicted molar refractivity (Wildman–Crippen MR) is 98.0 cm³/mol. The van der Waals surface area contributed by atoms with Crippen molar-refractivity contribution >= 4 is 18.2 Å². The van der Waals surface area contributed by atoms with Crippen molar-refractivity contribution in [3.8, 4) is 0 Å². The number of carbonyl (C=O) groups excluding carboxylic acids is 3. The second kappa shape index (κ2) is 8.31. The summed E-state index contributed by atoms with van der Waals surface area (Å²) in [5.41, 5.74) is 1.20. The van der Waals surface area contributed by atoms with Gasteiger partial charge in [-0.2, -0.15) is 0 Å². The molecule has 3 rings (SSSR count). The Morgan fingerprint density at radius 1 is 0.808 bits per heavy atom. The fourth-order valence-corrected chi connectivity index (χ4v) is 3.42. The van der Waals surface area contributed by atoms with Gasteiger partial charge in [-0.15, -0.1) is 0 Å². The van der Waals surface area contributed by atoms with E-state index < -0.39 is 0 Å². The molecular weight excluding hydrogens is 332 g/mol. The van der Waals surface area contributed by atoms with Gasteiger partial charge in [-0.25, -0.2) is 0 Å². The number of nitrogens with zero attached hydrogens (tertiary/aromatic N) is 4. The first-order valence-corrected chi connectivity index (χ1v) is 9.22. The minimum atomic E-state index is -0.0499. The Morgan fingerprint density at radius 3 is 1.62 bits per heavy atom. The molecule has 26 heavy (non-hydrogen) atoms. The maximum Gasteiger partial charge on any atom is 0.253 e. The van der Waals surface area contributed by atoms with Gasteiger partial charge in [0, 0.05) is 63.5 Å². The van der Waals surface area contributed by atoms with Crippen LogP contribution in [0.4, 0.5) is 0 Å². The zero-order chi connectivity index (χ0) is 18.5. The van der Waals surface area contributed by atoms with Crippen molar-refractivity contribution in [2.24, 2.45) is 0 Å². The first kappa shape index (κ1) is 18.4. The molecule has 0 aliphatic carbocycles. The smallest absolute Gasteiger partial charge is 0.253 e. The fourth-order valence-electron chi connectivity index (χ4n) is 3.42. The number of likely N-dealkylation sites (N-methyl/N-ethyl adjacent to an activating group) is 1. The normalized spacial score (nSPS) is 18.7. The molecule has 2 aliphatic rings. The van der Waals surface area contributed by atoms with Gasteiger partial charge in [0.15, 0.2) is 0 Å². The summed E-state index contributed by atoms with van der Waals surface area (Å²) in [6.45, 7) is 8.66. The summed E-state index contributed by atoms with van der Waals surface area (Å²) < 4.78 is 0. The molecule has 0 radical (unpaired) electrons. The Labute approximate surface area is 154 Å². The fraction of sp³-hybridized carbons (Fsp3) is 0.526. The zero-order valence-corrected chi connectivity index (χ0v) is 15.3. The quantitative estimate of drug-likeness (QED) is 0.730. The van der Waals surface area contributed by atoms with E-state index in [9.17, 15) is 14.4 Å². The molecule has 1 aromatic carbocycles. The number of rotatable bonds is 4. The van der Waals surface area contributed by atoms with Gasteiger partial charge >= 0.3 is 0 Å². The number of hydrogen-bond acceptors (Lipinski definition) is 4. The first-order valence-electron chi connectivity index (χ1n) is 9.22. The van der Waals surface area contributed by atoms with E-state index >= 15 is 0 Å². The summed E-state index contributed by atoms with van der Waals surface area (Å²) in [7, 11) is 0. The Morgan fingerprint density at radius 2 is 1.23 bits per heavy atom. The van der Waals surface area contributed by atoms with E-state index in [2.05, 4.69) is 11.8 Å². The van der Waals surface area contributed by atoms with E-state index in [4.69, 9.17) is 0 Å².